The average Bonchev–Trinajstić information content (AvgIpc) is 2.30. The number of carbonyl (C=O) groups is 2. The van der Waals surface area contributed by atoms with Gasteiger partial charge in [-0.15, -0.1) is 0 Å². The lowest BCUT2D eigenvalue weighted by Gasteiger charge is -2.19. The van der Waals surface area contributed by atoms with Gasteiger partial charge in [-0.25, -0.2) is 4.39 Å². The topological polar surface area (TPSA) is 66.4 Å². The van der Waals surface area contributed by atoms with E-state index < -0.39 is 40.5 Å². The molecule has 0 unspecified atom stereocenters. The molecular formula is C12H11F4NO3. The number of amides is 1. The molecule has 0 aliphatic rings. The highest BCUT2D eigenvalue weighted by Gasteiger charge is 2.37. The molecule has 0 fully saturated rings. The first kappa shape index (κ1) is 15.9. The Balaban J connectivity index is 3.10. The molecular weight excluding hydrogens is 282 g/mol. The number of benzene rings is 1. The number of hydrogen-bond donors (Lipinski definition) is 2. The molecule has 2 N–H and O–H groups in total. The molecule has 110 valence electrons. The van der Waals surface area contributed by atoms with E-state index in [1.54, 1.807) is 0 Å². The molecule has 0 aliphatic carbocycles. The van der Waals surface area contributed by atoms with Crippen LogP contribution >= 0.6 is 0 Å². The first-order chi connectivity index (χ1) is 8.96. The highest BCUT2D eigenvalue weighted by molar-refractivity contribution is 6.07. The molecule has 0 spiro atoms. The number of aliphatic carboxylic acids is 1. The van der Waals surface area contributed by atoms with E-state index in [1.165, 1.54) is 0 Å². The van der Waals surface area contributed by atoms with Crippen LogP contribution in [0.1, 0.15) is 19.4 Å². The van der Waals surface area contributed by atoms with Gasteiger partial charge in [-0.3, -0.25) is 9.59 Å². The van der Waals surface area contributed by atoms with Crippen molar-refractivity contribution in [1.82, 2.24) is 0 Å². The van der Waals surface area contributed by atoms with E-state index in [-0.39, 0.29) is 0 Å². The summed E-state index contributed by atoms with van der Waals surface area (Å²) in [4.78, 5) is 22.5. The Morgan fingerprint density at radius 2 is 1.75 bits per heavy atom. The third-order valence-corrected chi connectivity index (χ3v) is 2.64. The summed E-state index contributed by atoms with van der Waals surface area (Å²) in [6.07, 6.45) is -4.70. The van der Waals surface area contributed by atoms with Crippen LogP contribution in [0.15, 0.2) is 18.2 Å². The summed E-state index contributed by atoms with van der Waals surface area (Å²) < 4.78 is 50.8. The number of anilines is 1. The van der Waals surface area contributed by atoms with Crippen LogP contribution in [0, 0.1) is 11.2 Å². The zero-order valence-electron chi connectivity index (χ0n) is 10.5. The van der Waals surface area contributed by atoms with Crippen LogP contribution in [0.3, 0.4) is 0 Å². The summed E-state index contributed by atoms with van der Waals surface area (Å²) in [5.41, 5.74) is -3.78. The fraction of sp³-hybridized carbons (Fsp3) is 0.333. The second-order valence-corrected chi connectivity index (χ2v) is 4.58. The van der Waals surface area contributed by atoms with Gasteiger partial charge in [-0.2, -0.15) is 13.2 Å². The summed E-state index contributed by atoms with van der Waals surface area (Å²) in [5, 5.41) is 10.7. The maximum absolute atomic E-state index is 13.4. The molecule has 0 saturated carbocycles. The van der Waals surface area contributed by atoms with Gasteiger partial charge in [-0.1, -0.05) is 0 Å². The number of carbonyl (C=O) groups excluding carboxylic acids is 1. The molecule has 0 heterocycles. The largest absolute Gasteiger partial charge is 0.480 e. The molecule has 20 heavy (non-hydrogen) atoms. The smallest absolute Gasteiger partial charge is 0.416 e. The van der Waals surface area contributed by atoms with Gasteiger partial charge < -0.3 is 10.4 Å². The number of carboxylic acid groups (broad SMARTS) is 1. The van der Waals surface area contributed by atoms with Crippen molar-refractivity contribution >= 4 is 17.6 Å². The van der Waals surface area contributed by atoms with Crippen molar-refractivity contribution in [2.24, 2.45) is 5.41 Å². The minimum atomic E-state index is -4.70. The predicted octanol–water partition coefficient (Wildman–Crippen LogP) is 2.89. The zero-order chi connectivity index (χ0) is 15.7. The maximum Gasteiger partial charge on any atom is 0.416 e. The maximum atomic E-state index is 13.4. The fourth-order valence-electron chi connectivity index (χ4n) is 1.17. The fourth-order valence-corrected chi connectivity index (χ4v) is 1.17. The van der Waals surface area contributed by atoms with Crippen LogP contribution in [0.5, 0.6) is 0 Å². The number of rotatable bonds is 3. The van der Waals surface area contributed by atoms with Gasteiger partial charge in [0.25, 0.3) is 0 Å². The molecule has 0 atom stereocenters. The van der Waals surface area contributed by atoms with E-state index in [2.05, 4.69) is 0 Å². The lowest BCUT2D eigenvalue weighted by atomic mass is 9.92. The molecule has 1 rings (SSSR count). The molecule has 4 nitrogen and oxygen atoms in total. The summed E-state index contributed by atoms with van der Waals surface area (Å²) in [6, 6.07) is 1.48. The van der Waals surface area contributed by atoms with Gasteiger partial charge in [0.1, 0.15) is 11.2 Å². The Hall–Kier alpha value is -2.12. The standard InChI is InChI=1S/C12H11F4NO3/c1-11(2,10(19)20)9(18)17-8-5-6(12(14,15)16)3-4-7(8)13/h3-5H,1-2H3,(H,17,18)(H,19,20). The van der Waals surface area contributed by atoms with E-state index in [0.29, 0.717) is 18.2 Å². The molecule has 1 aromatic carbocycles. The van der Waals surface area contributed by atoms with E-state index in [9.17, 15) is 27.2 Å². The van der Waals surface area contributed by atoms with E-state index in [1.807, 2.05) is 5.32 Å². The van der Waals surface area contributed by atoms with Crippen molar-refractivity contribution in [3.05, 3.63) is 29.6 Å². The number of hydrogen-bond acceptors (Lipinski definition) is 2. The van der Waals surface area contributed by atoms with Crippen LogP contribution in [0.4, 0.5) is 23.2 Å². The average molecular weight is 293 g/mol. The van der Waals surface area contributed by atoms with E-state index in [4.69, 9.17) is 5.11 Å². The highest BCUT2D eigenvalue weighted by Crippen LogP contribution is 2.32. The molecule has 1 aromatic rings. The van der Waals surface area contributed by atoms with Crippen molar-refractivity contribution in [2.45, 2.75) is 20.0 Å². The number of halogens is 4. The first-order valence-corrected chi connectivity index (χ1v) is 5.38. The number of nitrogens with one attached hydrogen (secondary N) is 1. The highest BCUT2D eigenvalue weighted by atomic mass is 19.4. The van der Waals surface area contributed by atoms with Gasteiger partial charge in [0.15, 0.2) is 0 Å². The second kappa shape index (κ2) is 5.10. The van der Waals surface area contributed by atoms with Crippen LogP contribution in [-0.2, 0) is 15.8 Å². The SMILES string of the molecule is CC(C)(C(=O)O)C(=O)Nc1cc(C(F)(F)F)ccc1F. The quantitative estimate of drug-likeness (QED) is 0.665. The minimum absolute atomic E-state index is 0.408. The normalized spacial score (nSPS) is 12.1. The summed E-state index contributed by atoms with van der Waals surface area (Å²) in [6.45, 7) is 2.10. The van der Waals surface area contributed by atoms with Crippen molar-refractivity contribution in [2.75, 3.05) is 5.32 Å². The first-order valence-electron chi connectivity index (χ1n) is 5.38. The predicted molar refractivity (Wildman–Crippen MR) is 61.4 cm³/mol. The zero-order valence-corrected chi connectivity index (χ0v) is 10.5. The van der Waals surface area contributed by atoms with Crippen LogP contribution in [0.25, 0.3) is 0 Å². The van der Waals surface area contributed by atoms with Gasteiger partial charge in [0, 0.05) is 0 Å². The summed E-state index contributed by atoms with van der Waals surface area (Å²) in [5.74, 6) is -3.70. The summed E-state index contributed by atoms with van der Waals surface area (Å²) >= 11 is 0. The van der Waals surface area contributed by atoms with Crippen LogP contribution < -0.4 is 5.32 Å². The molecule has 0 bridgehead atoms. The monoisotopic (exact) mass is 293 g/mol. The Morgan fingerprint density at radius 1 is 1.20 bits per heavy atom. The second-order valence-electron chi connectivity index (χ2n) is 4.58. The van der Waals surface area contributed by atoms with Gasteiger partial charge in [0.05, 0.1) is 11.3 Å². The van der Waals surface area contributed by atoms with Crippen LogP contribution in [0.2, 0.25) is 0 Å². The molecule has 0 radical (unpaired) electrons. The number of carboxylic acids is 1. The Kier molecular flexibility index (Phi) is 4.07. The molecule has 1 amide bonds. The Labute approximate surface area is 111 Å². The van der Waals surface area contributed by atoms with Gasteiger partial charge in [0.2, 0.25) is 5.91 Å². The minimum Gasteiger partial charge on any atom is -0.480 e. The Morgan fingerprint density at radius 3 is 2.20 bits per heavy atom. The molecule has 8 heteroatoms. The lowest BCUT2D eigenvalue weighted by molar-refractivity contribution is -0.151. The van der Waals surface area contributed by atoms with Crippen molar-refractivity contribution in [3.63, 3.8) is 0 Å². The van der Waals surface area contributed by atoms with Gasteiger partial charge in [-0.05, 0) is 32.0 Å². The van der Waals surface area contributed by atoms with Crippen molar-refractivity contribution in [3.8, 4) is 0 Å². The van der Waals surface area contributed by atoms with E-state index in [0.717, 1.165) is 13.8 Å². The van der Waals surface area contributed by atoms with E-state index >= 15 is 0 Å². The lowest BCUT2D eigenvalue weighted by Crippen LogP contribution is -2.38. The molecule has 0 aromatic heterocycles. The summed E-state index contributed by atoms with van der Waals surface area (Å²) in [7, 11) is 0. The van der Waals surface area contributed by atoms with Crippen molar-refractivity contribution < 1.29 is 32.3 Å². The Bertz CT molecular complexity index is 552. The number of alkyl halides is 3. The van der Waals surface area contributed by atoms with Crippen LogP contribution in [-0.4, -0.2) is 17.0 Å². The van der Waals surface area contributed by atoms with Crippen molar-refractivity contribution in [1.29, 1.82) is 0 Å². The third-order valence-electron chi connectivity index (χ3n) is 2.64. The third kappa shape index (κ3) is 3.25. The molecule has 0 aliphatic heterocycles. The van der Waals surface area contributed by atoms with Gasteiger partial charge >= 0.3 is 12.1 Å². The molecule has 0 saturated heterocycles.